The van der Waals surface area contributed by atoms with Crippen molar-refractivity contribution in [1.82, 2.24) is 5.32 Å². The molecule has 0 aliphatic carbocycles. The van der Waals surface area contributed by atoms with E-state index in [0.717, 1.165) is 13.0 Å². The number of hydrogen-bond donors (Lipinski definition) is 1. The van der Waals surface area contributed by atoms with Crippen molar-refractivity contribution in [3.63, 3.8) is 0 Å². The van der Waals surface area contributed by atoms with E-state index in [1.165, 1.54) is 9.13 Å². The molecule has 1 aromatic carbocycles. The van der Waals surface area contributed by atoms with Crippen LogP contribution in [0.5, 0.6) is 0 Å². The van der Waals surface area contributed by atoms with Crippen molar-refractivity contribution in [2.24, 2.45) is 5.41 Å². The molecule has 2 unspecified atom stereocenters. The first-order chi connectivity index (χ1) is 8.88. The average molecular weight is 375 g/mol. The van der Waals surface area contributed by atoms with Crippen molar-refractivity contribution in [3.8, 4) is 0 Å². The zero-order valence-corrected chi connectivity index (χ0v) is 14.8. The van der Waals surface area contributed by atoms with E-state index in [2.05, 4.69) is 79.9 Å². The minimum Gasteiger partial charge on any atom is -0.379 e. The van der Waals surface area contributed by atoms with Gasteiger partial charge < -0.3 is 10.1 Å². The third kappa shape index (κ3) is 5.40. The molecule has 0 radical (unpaired) electrons. The minimum absolute atomic E-state index is 0.130. The molecule has 0 heterocycles. The molecule has 2 atom stereocenters. The van der Waals surface area contributed by atoms with Gasteiger partial charge in [-0.25, -0.2) is 0 Å². The maximum atomic E-state index is 5.76. The van der Waals surface area contributed by atoms with Crippen LogP contribution in [-0.2, 0) is 11.2 Å². The third-order valence-electron chi connectivity index (χ3n) is 3.31. The molecule has 1 aromatic rings. The molecule has 108 valence electrons. The second-order valence-electron chi connectivity index (χ2n) is 6.02. The minimum atomic E-state index is 0.130. The zero-order chi connectivity index (χ0) is 14.5. The van der Waals surface area contributed by atoms with Gasteiger partial charge in [-0.15, -0.1) is 0 Å². The highest BCUT2D eigenvalue weighted by Crippen LogP contribution is 2.26. The smallest absolute Gasteiger partial charge is 0.0775 e. The molecule has 0 saturated carbocycles. The first-order valence-electron chi connectivity index (χ1n) is 6.89. The molecule has 0 amide bonds. The molecule has 1 N–H and O–H groups in total. The Morgan fingerprint density at radius 1 is 1.21 bits per heavy atom. The summed E-state index contributed by atoms with van der Waals surface area (Å²) in [5, 5.41) is 3.58. The summed E-state index contributed by atoms with van der Waals surface area (Å²) in [7, 11) is 1.81. The van der Waals surface area contributed by atoms with Gasteiger partial charge in [0.2, 0.25) is 0 Å². The predicted octanol–water partition coefficient (Wildman–Crippen LogP) is 3.87. The van der Waals surface area contributed by atoms with Gasteiger partial charge in [-0.3, -0.25) is 0 Å². The first kappa shape index (κ1) is 16.9. The molecule has 0 fully saturated rings. The molecular weight excluding hydrogens is 349 g/mol. The van der Waals surface area contributed by atoms with E-state index in [-0.39, 0.29) is 11.5 Å². The number of halogens is 1. The third-order valence-corrected chi connectivity index (χ3v) is 4.03. The number of methoxy groups -OCH3 is 1. The molecule has 1 rings (SSSR count). The molecule has 0 spiro atoms. The van der Waals surface area contributed by atoms with Crippen LogP contribution < -0.4 is 5.32 Å². The highest BCUT2D eigenvalue weighted by molar-refractivity contribution is 14.1. The Labute approximate surface area is 131 Å². The molecular formula is C16H26INO. The van der Waals surface area contributed by atoms with Gasteiger partial charge in [-0.05, 0) is 58.7 Å². The fourth-order valence-electron chi connectivity index (χ4n) is 2.54. The normalized spacial score (nSPS) is 15.3. The van der Waals surface area contributed by atoms with Crippen molar-refractivity contribution in [3.05, 3.63) is 33.4 Å². The predicted molar refractivity (Wildman–Crippen MR) is 90.6 cm³/mol. The molecule has 0 aliphatic rings. The number of nitrogens with one attached hydrogen (secondary N) is 1. The van der Waals surface area contributed by atoms with Crippen LogP contribution in [0.1, 0.15) is 33.3 Å². The zero-order valence-electron chi connectivity index (χ0n) is 12.7. The van der Waals surface area contributed by atoms with Crippen LogP contribution in [0.25, 0.3) is 0 Å². The first-order valence-corrected chi connectivity index (χ1v) is 7.97. The Kier molecular flexibility index (Phi) is 6.77. The van der Waals surface area contributed by atoms with Crippen LogP contribution in [0.15, 0.2) is 24.3 Å². The largest absolute Gasteiger partial charge is 0.379 e. The van der Waals surface area contributed by atoms with Gasteiger partial charge >= 0.3 is 0 Å². The van der Waals surface area contributed by atoms with Crippen molar-refractivity contribution < 1.29 is 4.74 Å². The van der Waals surface area contributed by atoms with Crippen LogP contribution in [0.4, 0.5) is 0 Å². The van der Waals surface area contributed by atoms with Gasteiger partial charge in [-0.1, -0.05) is 39.8 Å². The summed E-state index contributed by atoms with van der Waals surface area (Å²) >= 11 is 2.34. The van der Waals surface area contributed by atoms with Crippen LogP contribution in [0, 0.1) is 8.99 Å². The van der Waals surface area contributed by atoms with E-state index in [0.29, 0.717) is 6.04 Å². The van der Waals surface area contributed by atoms with Gasteiger partial charge in [0, 0.05) is 16.7 Å². The topological polar surface area (TPSA) is 21.3 Å². The Bertz CT molecular complexity index is 369. The summed E-state index contributed by atoms with van der Waals surface area (Å²) in [6.07, 6.45) is 1.20. The highest BCUT2D eigenvalue weighted by atomic mass is 127. The maximum absolute atomic E-state index is 5.76. The summed E-state index contributed by atoms with van der Waals surface area (Å²) in [5.74, 6) is 0. The van der Waals surface area contributed by atoms with E-state index >= 15 is 0 Å². The second-order valence-corrected chi connectivity index (χ2v) is 7.26. The number of ether oxygens (including phenoxy) is 1. The van der Waals surface area contributed by atoms with Gasteiger partial charge in [-0.2, -0.15) is 0 Å². The summed E-state index contributed by atoms with van der Waals surface area (Å²) < 4.78 is 7.04. The Hall–Kier alpha value is -0.130. The number of hydrogen-bond acceptors (Lipinski definition) is 2. The fourth-order valence-corrected chi connectivity index (χ4v) is 2.90. The quantitative estimate of drug-likeness (QED) is 0.763. The molecule has 3 heteroatoms. The monoisotopic (exact) mass is 375 g/mol. The van der Waals surface area contributed by atoms with Crippen LogP contribution in [-0.4, -0.2) is 25.8 Å². The lowest BCUT2D eigenvalue weighted by Crippen LogP contribution is -2.48. The lowest BCUT2D eigenvalue weighted by Gasteiger charge is -2.36. The summed E-state index contributed by atoms with van der Waals surface area (Å²) in [6, 6.07) is 9.09. The van der Waals surface area contributed by atoms with Crippen molar-refractivity contribution in [2.45, 2.75) is 46.3 Å². The second kappa shape index (κ2) is 7.60. The molecule has 0 aromatic heterocycles. The van der Waals surface area contributed by atoms with E-state index in [1.807, 2.05) is 7.11 Å². The molecule has 2 nitrogen and oxygen atoms in total. The number of likely N-dealkylation sites (N-methyl/N-ethyl adjacent to an activating group) is 1. The fraction of sp³-hybridized carbons (Fsp3) is 0.625. The van der Waals surface area contributed by atoms with Gasteiger partial charge in [0.1, 0.15) is 0 Å². The van der Waals surface area contributed by atoms with Crippen LogP contribution >= 0.6 is 22.6 Å². The Morgan fingerprint density at radius 3 is 2.21 bits per heavy atom. The summed E-state index contributed by atoms with van der Waals surface area (Å²) in [4.78, 5) is 0. The SMILES string of the molecule is CCNC(Cc1ccc(I)cc1)C(OC)C(C)(C)C. The summed E-state index contributed by atoms with van der Waals surface area (Å²) in [6.45, 7) is 9.82. The van der Waals surface area contributed by atoms with Gasteiger partial charge in [0.05, 0.1) is 6.10 Å². The van der Waals surface area contributed by atoms with Crippen LogP contribution in [0.2, 0.25) is 0 Å². The van der Waals surface area contributed by atoms with E-state index in [9.17, 15) is 0 Å². The van der Waals surface area contributed by atoms with Crippen molar-refractivity contribution in [2.75, 3.05) is 13.7 Å². The number of benzene rings is 1. The Balaban J connectivity index is 2.84. The Morgan fingerprint density at radius 2 is 1.79 bits per heavy atom. The molecule has 0 bridgehead atoms. The van der Waals surface area contributed by atoms with Crippen LogP contribution in [0.3, 0.4) is 0 Å². The standard InChI is InChI=1S/C16H26INO/c1-6-18-14(15(19-5)16(2,3)4)11-12-7-9-13(17)10-8-12/h7-10,14-15,18H,6,11H2,1-5H3. The molecule has 0 saturated heterocycles. The summed E-state index contributed by atoms with van der Waals surface area (Å²) in [5.41, 5.74) is 1.49. The lowest BCUT2D eigenvalue weighted by atomic mass is 9.82. The lowest BCUT2D eigenvalue weighted by molar-refractivity contribution is -0.0106. The maximum Gasteiger partial charge on any atom is 0.0775 e. The van der Waals surface area contributed by atoms with Crippen molar-refractivity contribution in [1.29, 1.82) is 0 Å². The van der Waals surface area contributed by atoms with Crippen molar-refractivity contribution >= 4 is 22.6 Å². The average Bonchev–Trinajstić information content (AvgIpc) is 2.31. The van der Waals surface area contributed by atoms with E-state index < -0.39 is 0 Å². The van der Waals surface area contributed by atoms with Gasteiger partial charge in [0.25, 0.3) is 0 Å². The van der Waals surface area contributed by atoms with Gasteiger partial charge in [0.15, 0.2) is 0 Å². The number of rotatable bonds is 6. The molecule has 0 aliphatic heterocycles. The van der Waals surface area contributed by atoms with E-state index in [1.54, 1.807) is 0 Å². The highest BCUT2D eigenvalue weighted by Gasteiger charge is 2.31. The van der Waals surface area contributed by atoms with E-state index in [4.69, 9.17) is 4.74 Å². The molecule has 19 heavy (non-hydrogen) atoms.